The summed E-state index contributed by atoms with van der Waals surface area (Å²) in [5.74, 6) is 0. The fraction of sp³-hybridized carbons (Fsp3) is 0.385. The molecule has 0 amide bonds. The molecule has 0 saturated carbocycles. The molecule has 1 aromatic rings. The Morgan fingerprint density at radius 1 is 1.50 bits per heavy atom. The van der Waals surface area contributed by atoms with Gasteiger partial charge in [-0.3, -0.25) is 0 Å². The van der Waals surface area contributed by atoms with Crippen LogP contribution in [-0.4, -0.2) is 12.6 Å². The first-order valence-corrected chi connectivity index (χ1v) is 6.51. The Kier molecular flexibility index (Phi) is 5.53. The van der Waals surface area contributed by atoms with Crippen LogP contribution in [0.1, 0.15) is 26.3 Å². The van der Waals surface area contributed by atoms with Crippen molar-refractivity contribution in [1.29, 1.82) is 0 Å². The number of benzene rings is 1. The molecule has 0 aliphatic heterocycles. The van der Waals surface area contributed by atoms with Gasteiger partial charge in [0.2, 0.25) is 0 Å². The third-order valence-corrected chi connectivity index (χ3v) is 3.38. The van der Waals surface area contributed by atoms with Crippen LogP contribution in [0.15, 0.2) is 28.2 Å². The summed E-state index contributed by atoms with van der Waals surface area (Å²) < 4.78 is 0.935. The van der Waals surface area contributed by atoms with Gasteiger partial charge in [-0.05, 0) is 40.5 Å². The van der Waals surface area contributed by atoms with Gasteiger partial charge < -0.3 is 5.32 Å². The maximum Gasteiger partial charge on any atom is 0.0554 e. The highest BCUT2D eigenvalue weighted by Gasteiger charge is 1.98. The van der Waals surface area contributed by atoms with Crippen molar-refractivity contribution in [2.75, 3.05) is 6.54 Å². The molecule has 1 nitrogen and oxygen atoms in total. The number of hydrogen-bond acceptors (Lipinski definition) is 1. The van der Waals surface area contributed by atoms with E-state index in [1.54, 1.807) is 0 Å². The fourth-order valence-electron chi connectivity index (χ4n) is 1.30. The van der Waals surface area contributed by atoms with E-state index in [0.29, 0.717) is 6.04 Å². The zero-order valence-electron chi connectivity index (χ0n) is 9.85. The molecule has 0 bridgehead atoms. The van der Waals surface area contributed by atoms with Crippen molar-refractivity contribution in [2.45, 2.75) is 26.8 Å². The van der Waals surface area contributed by atoms with Crippen molar-refractivity contribution >= 4 is 33.6 Å². The second-order valence-electron chi connectivity index (χ2n) is 4.20. The van der Waals surface area contributed by atoms with Crippen LogP contribution in [0.2, 0.25) is 5.02 Å². The zero-order valence-corrected chi connectivity index (χ0v) is 12.2. The predicted octanol–water partition coefficient (Wildman–Crippen LogP) is 4.50. The molecule has 3 heteroatoms. The lowest BCUT2D eigenvalue weighted by Gasteiger charge is -2.08. The number of hydrogen-bond donors (Lipinski definition) is 1. The van der Waals surface area contributed by atoms with E-state index < -0.39 is 0 Å². The van der Waals surface area contributed by atoms with Gasteiger partial charge in [0.1, 0.15) is 0 Å². The Hall–Kier alpha value is -0.310. The molecule has 0 unspecified atom stereocenters. The molecule has 0 atom stereocenters. The van der Waals surface area contributed by atoms with E-state index in [1.807, 2.05) is 12.1 Å². The van der Waals surface area contributed by atoms with Gasteiger partial charge in [0.15, 0.2) is 0 Å². The second kappa shape index (κ2) is 6.43. The number of halogens is 2. The maximum absolute atomic E-state index is 6.03. The van der Waals surface area contributed by atoms with Crippen LogP contribution in [0.4, 0.5) is 0 Å². The molecule has 0 aliphatic carbocycles. The van der Waals surface area contributed by atoms with E-state index in [0.717, 1.165) is 21.6 Å². The molecule has 88 valence electrons. The summed E-state index contributed by atoms with van der Waals surface area (Å²) in [5.41, 5.74) is 2.43. The third-order valence-electron chi connectivity index (χ3n) is 2.15. The van der Waals surface area contributed by atoms with E-state index in [2.05, 4.69) is 54.2 Å². The summed E-state index contributed by atoms with van der Waals surface area (Å²) in [4.78, 5) is 0. The molecule has 0 saturated heterocycles. The van der Waals surface area contributed by atoms with Crippen molar-refractivity contribution in [2.24, 2.45) is 0 Å². The Morgan fingerprint density at radius 2 is 2.19 bits per heavy atom. The lowest BCUT2D eigenvalue weighted by molar-refractivity contribution is 0.623. The molecule has 1 N–H and O–H groups in total. The largest absolute Gasteiger partial charge is 0.311 e. The summed E-state index contributed by atoms with van der Waals surface area (Å²) in [5, 5.41) is 4.13. The van der Waals surface area contributed by atoms with Gasteiger partial charge >= 0.3 is 0 Å². The average Bonchev–Trinajstić information content (AvgIpc) is 2.21. The fourth-order valence-corrected chi connectivity index (χ4v) is 1.74. The van der Waals surface area contributed by atoms with Crippen LogP contribution in [0.3, 0.4) is 0 Å². The average molecular weight is 303 g/mol. The molecular weight excluding hydrogens is 286 g/mol. The summed E-state index contributed by atoms with van der Waals surface area (Å²) in [7, 11) is 0. The molecule has 0 spiro atoms. The van der Waals surface area contributed by atoms with Crippen LogP contribution >= 0.6 is 27.5 Å². The predicted molar refractivity (Wildman–Crippen MR) is 75.9 cm³/mol. The van der Waals surface area contributed by atoms with Crippen LogP contribution < -0.4 is 5.32 Å². The molecular formula is C13H17BrClN. The van der Waals surface area contributed by atoms with Crippen molar-refractivity contribution < 1.29 is 0 Å². The summed E-state index contributed by atoms with van der Waals surface area (Å²) >= 11 is 9.41. The van der Waals surface area contributed by atoms with Crippen molar-refractivity contribution in [3.63, 3.8) is 0 Å². The second-order valence-corrected chi connectivity index (χ2v) is 5.46. The Bertz CT molecular complexity index is 386. The van der Waals surface area contributed by atoms with E-state index >= 15 is 0 Å². The van der Waals surface area contributed by atoms with Crippen LogP contribution in [-0.2, 0) is 0 Å². The van der Waals surface area contributed by atoms with Gasteiger partial charge in [0.25, 0.3) is 0 Å². The molecule has 0 heterocycles. The smallest absolute Gasteiger partial charge is 0.0554 e. The van der Waals surface area contributed by atoms with Crippen molar-refractivity contribution in [3.05, 3.63) is 38.8 Å². The molecule has 0 radical (unpaired) electrons. The highest BCUT2D eigenvalue weighted by atomic mass is 79.9. The van der Waals surface area contributed by atoms with Crippen molar-refractivity contribution in [1.82, 2.24) is 5.32 Å². The van der Waals surface area contributed by atoms with Gasteiger partial charge in [-0.2, -0.15) is 0 Å². The lowest BCUT2D eigenvalue weighted by Crippen LogP contribution is -2.24. The first-order chi connectivity index (χ1) is 7.49. The Labute approximate surface area is 111 Å². The van der Waals surface area contributed by atoms with E-state index in [-0.39, 0.29) is 0 Å². The van der Waals surface area contributed by atoms with Crippen LogP contribution in [0.5, 0.6) is 0 Å². The molecule has 1 aromatic carbocycles. The highest BCUT2D eigenvalue weighted by molar-refractivity contribution is 9.10. The summed E-state index contributed by atoms with van der Waals surface area (Å²) in [6, 6.07) is 6.49. The SMILES string of the molecule is C/C(=C\c1ccc(Br)c(Cl)c1)CNC(C)C. The first-order valence-electron chi connectivity index (χ1n) is 5.34. The van der Waals surface area contributed by atoms with Gasteiger partial charge in [-0.15, -0.1) is 0 Å². The van der Waals surface area contributed by atoms with Gasteiger partial charge in [-0.1, -0.05) is 43.2 Å². The van der Waals surface area contributed by atoms with E-state index in [9.17, 15) is 0 Å². The van der Waals surface area contributed by atoms with E-state index in [4.69, 9.17) is 11.6 Å². The normalized spacial score (nSPS) is 12.2. The maximum atomic E-state index is 6.03. The minimum atomic E-state index is 0.511. The monoisotopic (exact) mass is 301 g/mol. The Balaban J connectivity index is 2.70. The quantitative estimate of drug-likeness (QED) is 0.863. The van der Waals surface area contributed by atoms with Crippen molar-refractivity contribution in [3.8, 4) is 0 Å². The highest BCUT2D eigenvalue weighted by Crippen LogP contribution is 2.24. The van der Waals surface area contributed by atoms with Crippen LogP contribution in [0.25, 0.3) is 6.08 Å². The minimum Gasteiger partial charge on any atom is -0.311 e. The first kappa shape index (κ1) is 13.8. The number of rotatable bonds is 4. The molecule has 0 aliphatic rings. The minimum absolute atomic E-state index is 0.511. The van der Waals surface area contributed by atoms with Gasteiger partial charge in [-0.25, -0.2) is 0 Å². The lowest BCUT2D eigenvalue weighted by atomic mass is 10.1. The molecule has 0 aromatic heterocycles. The van der Waals surface area contributed by atoms with E-state index in [1.165, 1.54) is 5.57 Å². The zero-order chi connectivity index (χ0) is 12.1. The molecule has 16 heavy (non-hydrogen) atoms. The summed E-state index contributed by atoms with van der Waals surface area (Å²) in [6.45, 7) is 7.31. The topological polar surface area (TPSA) is 12.0 Å². The summed E-state index contributed by atoms with van der Waals surface area (Å²) in [6.07, 6.45) is 2.15. The Morgan fingerprint density at radius 3 is 2.75 bits per heavy atom. The molecule has 1 rings (SSSR count). The van der Waals surface area contributed by atoms with Gasteiger partial charge in [0, 0.05) is 17.1 Å². The van der Waals surface area contributed by atoms with Crippen LogP contribution in [0, 0.1) is 0 Å². The third kappa shape index (κ3) is 4.69. The standard InChI is InChI=1S/C13H17BrClN/c1-9(2)16-8-10(3)6-11-4-5-12(14)13(15)7-11/h4-7,9,16H,8H2,1-3H3/b10-6+. The molecule has 0 fully saturated rings. The van der Waals surface area contributed by atoms with Gasteiger partial charge in [0.05, 0.1) is 5.02 Å². The number of nitrogens with one attached hydrogen (secondary N) is 1.